The molecule has 1 nitrogen and oxygen atoms in total. The van der Waals surface area contributed by atoms with E-state index in [2.05, 4.69) is 32.3 Å². The molecule has 88 valence electrons. The standard InChI is InChI=1S/C14H20FN/c1-5-11-10(4)16(6-2)14-9(3)7-8-12(15)13(11)14/h8-9H,5-7H2,1-4H3. The van der Waals surface area contributed by atoms with Crippen LogP contribution in [0.1, 0.15) is 55.6 Å². The predicted molar refractivity (Wildman–Crippen MR) is 66.3 cm³/mol. The summed E-state index contributed by atoms with van der Waals surface area (Å²) in [6.45, 7) is 9.48. The van der Waals surface area contributed by atoms with Crippen molar-refractivity contribution in [2.75, 3.05) is 0 Å². The summed E-state index contributed by atoms with van der Waals surface area (Å²) in [5.74, 6) is 0.425. The second kappa shape index (κ2) is 4.08. The van der Waals surface area contributed by atoms with Crippen molar-refractivity contribution in [2.24, 2.45) is 0 Å². The van der Waals surface area contributed by atoms with E-state index in [1.807, 2.05) is 0 Å². The van der Waals surface area contributed by atoms with E-state index < -0.39 is 0 Å². The zero-order valence-corrected chi connectivity index (χ0v) is 10.6. The van der Waals surface area contributed by atoms with Crippen LogP contribution in [0.2, 0.25) is 0 Å². The molecular formula is C14H20FN. The first-order valence-corrected chi connectivity index (χ1v) is 6.19. The minimum absolute atomic E-state index is 0.0137. The monoisotopic (exact) mass is 221 g/mol. The zero-order chi connectivity index (χ0) is 11.9. The van der Waals surface area contributed by atoms with E-state index in [1.54, 1.807) is 6.08 Å². The first kappa shape index (κ1) is 11.4. The Balaban J connectivity index is 2.74. The van der Waals surface area contributed by atoms with E-state index in [4.69, 9.17) is 0 Å². The Morgan fingerprint density at radius 1 is 1.44 bits per heavy atom. The van der Waals surface area contributed by atoms with Crippen LogP contribution < -0.4 is 0 Å². The quantitative estimate of drug-likeness (QED) is 0.705. The topological polar surface area (TPSA) is 4.93 Å². The molecule has 0 N–H and O–H groups in total. The van der Waals surface area contributed by atoms with Gasteiger partial charge in [0.15, 0.2) is 0 Å². The molecule has 1 aliphatic rings. The van der Waals surface area contributed by atoms with Crippen LogP contribution in [-0.4, -0.2) is 4.57 Å². The lowest BCUT2D eigenvalue weighted by Gasteiger charge is -2.19. The summed E-state index contributed by atoms with van der Waals surface area (Å²) < 4.78 is 16.3. The SMILES string of the molecule is CCc1c2c(n(CC)c1C)C(C)CC=C2F. The first-order chi connectivity index (χ1) is 7.61. The maximum absolute atomic E-state index is 14.0. The fourth-order valence-corrected chi connectivity index (χ4v) is 2.93. The number of hydrogen-bond acceptors (Lipinski definition) is 0. The van der Waals surface area contributed by atoms with E-state index in [0.717, 1.165) is 24.9 Å². The molecule has 0 saturated heterocycles. The molecule has 0 amide bonds. The molecule has 0 spiro atoms. The maximum atomic E-state index is 14.0. The summed E-state index contributed by atoms with van der Waals surface area (Å²) in [6, 6.07) is 0. The highest BCUT2D eigenvalue weighted by Gasteiger charge is 2.27. The summed E-state index contributed by atoms with van der Waals surface area (Å²) in [5, 5.41) is 0. The van der Waals surface area contributed by atoms with Crippen LogP contribution in [0.5, 0.6) is 0 Å². The second-order valence-corrected chi connectivity index (χ2v) is 4.61. The molecule has 0 fully saturated rings. The van der Waals surface area contributed by atoms with E-state index >= 15 is 0 Å². The summed E-state index contributed by atoms with van der Waals surface area (Å²) in [5.41, 5.74) is 4.53. The van der Waals surface area contributed by atoms with Gasteiger partial charge in [-0.05, 0) is 38.3 Å². The normalized spacial score (nSPS) is 19.6. The van der Waals surface area contributed by atoms with Gasteiger partial charge >= 0.3 is 0 Å². The average molecular weight is 221 g/mol. The zero-order valence-electron chi connectivity index (χ0n) is 10.6. The Morgan fingerprint density at radius 3 is 2.69 bits per heavy atom. The number of hydrogen-bond donors (Lipinski definition) is 0. The van der Waals surface area contributed by atoms with Crippen LogP contribution in [0.4, 0.5) is 4.39 Å². The van der Waals surface area contributed by atoms with Crippen LogP contribution >= 0.6 is 0 Å². The van der Waals surface area contributed by atoms with Gasteiger partial charge in [0.25, 0.3) is 0 Å². The molecule has 1 aromatic rings. The Morgan fingerprint density at radius 2 is 2.12 bits per heavy atom. The van der Waals surface area contributed by atoms with Crippen LogP contribution in [0.3, 0.4) is 0 Å². The molecule has 0 aliphatic heterocycles. The fraction of sp³-hybridized carbons (Fsp3) is 0.571. The lowest BCUT2D eigenvalue weighted by atomic mass is 9.91. The van der Waals surface area contributed by atoms with Crippen LogP contribution in [-0.2, 0) is 13.0 Å². The van der Waals surface area contributed by atoms with Gasteiger partial charge in [0.2, 0.25) is 0 Å². The van der Waals surface area contributed by atoms with E-state index in [9.17, 15) is 4.39 Å². The van der Waals surface area contributed by atoms with Crippen molar-refractivity contribution < 1.29 is 4.39 Å². The molecule has 0 radical (unpaired) electrons. The smallest absolute Gasteiger partial charge is 0.128 e. The van der Waals surface area contributed by atoms with Crippen molar-refractivity contribution in [3.05, 3.63) is 28.6 Å². The third-order valence-electron chi connectivity index (χ3n) is 3.72. The highest BCUT2D eigenvalue weighted by atomic mass is 19.1. The van der Waals surface area contributed by atoms with Gasteiger partial charge in [-0.25, -0.2) is 4.39 Å². The third-order valence-corrected chi connectivity index (χ3v) is 3.72. The van der Waals surface area contributed by atoms with E-state index in [-0.39, 0.29) is 5.83 Å². The van der Waals surface area contributed by atoms with Crippen molar-refractivity contribution in [1.29, 1.82) is 0 Å². The molecule has 1 heterocycles. The minimum Gasteiger partial charge on any atom is -0.348 e. The van der Waals surface area contributed by atoms with Gasteiger partial charge in [0, 0.05) is 29.4 Å². The minimum atomic E-state index is -0.0137. The largest absolute Gasteiger partial charge is 0.348 e. The lowest BCUT2D eigenvalue weighted by Crippen LogP contribution is -2.09. The number of rotatable bonds is 2. The van der Waals surface area contributed by atoms with Crippen molar-refractivity contribution in [1.82, 2.24) is 4.57 Å². The summed E-state index contributed by atoms with van der Waals surface area (Å²) in [7, 11) is 0. The molecule has 2 rings (SSSR count). The molecule has 1 unspecified atom stereocenters. The Kier molecular flexibility index (Phi) is 2.92. The summed E-state index contributed by atoms with van der Waals surface area (Å²) >= 11 is 0. The van der Waals surface area contributed by atoms with Crippen molar-refractivity contribution in [3.8, 4) is 0 Å². The predicted octanol–water partition coefficient (Wildman–Crippen LogP) is 4.20. The molecule has 1 atom stereocenters. The average Bonchev–Trinajstić information content (AvgIpc) is 2.57. The fourth-order valence-electron chi connectivity index (χ4n) is 2.93. The molecule has 0 saturated carbocycles. The van der Waals surface area contributed by atoms with Gasteiger partial charge in [-0.15, -0.1) is 0 Å². The molecule has 1 aliphatic carbocycles. The molecule has 1 aromatic heterocycles. The third kappa shape index (κ3) is 1.43. The highest BCUT2D eigenvalue weighted by Crippen LogP contribution is 2.40. The molecule has 2 heteroatoms. The number of nitrogens with zero attached hydrogens (tertiary/aromatic N) is 1. The van der Waals surface area contributed by atoms with E-state index in [1.165, 1.54) is 17.0 Å². The van der Waals surface area contributed by atoms with Gasteiger partial charge < -0.3 is 4.57 Å². The number of aromatic nitrogens is 1. The van der Waals surface area contributed by atoms with Crippen molar-refractivity contribution >= 4 is 5.83 Å². The van der Waals surface area contributed by atoms with Gasteiger partial charge in [-0.3, -0.25) is 0 Å². The van der Waals surface area contributed by atoms with E-state index in [0.29, 0.717) is 5.92 Å². The van der Waals surface area contributed by atoms with Gasteiger partial charge in [-0.2, -0.15) is 0 Å². The van der Waals surface area contributed by atoms with Gasteiger partial charge in [0.05, 0.1) is 0 Å². The summed E-state index contributed by atoms with van der Waals surface area (Å²) in [4.78, 5) is 0. The number of halogens is 1. The van der Waals surface area contributed by atoms with Gasteiger partial charge in [0.1, 0.15) is 5.83 Å². The van der Waals surface area contributed by atoms with Crippen LogP contribution in [0, 0.1) is 6.92 Å². The molecular weight excluding hydrogens is 201 g/mol. The summed E-state index contributed by atoms with van der Waals surface area (Å²) in [6.07, 6.45) is 3.48. The molecule has 0 bridgehead atoms. The molecule has 16 heavy (non-hydrogen) atoms. The Bertz CT molecular complexity index is 440. The lowest BCUT2D eigenvalue weighted by molar-refractivity contribution is 0.615. The Hall–Kier alpha value is -1.05. The highest BCUT2D eigenvalue weighted by molar-refractivity contribution is 5.69. The van der Waals surface area contributed by atoms with Crippen LogP contribution in [0.25, 0.3) is 5.83 Å². The van der Waals surface area contributed by atoms with Crippen molar-refractivity contribution in [2.45, 2.75) is 53.0 Å². The number of allylic oxidation sites excluding steroid dienone is 1. The maximum Gasteiger partial charge on any atom is 0.128 e. The van der Waals surface area contributed by atoms with Gasteiger partial charge in [-0.1, -0.05) is 13.8 Å². The second-order valence-electron chi connectivity index (χ2n) is 4.61. The molecule has 0 aromatic carbocycles. The van der Waals surface area contributed by atoms with Crippen LogP contribution in [0.15, 0.2) is 6.08 Å². The number of fused-ring (bicyclic) bond motifs is 1. The first-order valence-electron chi connectivity index (χ1n) is 6.19. The Labute approximate surface area is 97.0 Å². The van der Waals surface area contributed by atoms with Crippen molar-refractivity contribution in [3.63, 3.8) is 0 Å².